The van der Waals surface area contributed by atoms with Crippen molar-refractivity contribution in [3.05, 3.63) is 29.6 Å². The zero-order valence-corrected chi connectivity index (χ0v) is 8.75. The summed E-state index contributed by atoms with van der Waals surface area (Å²) in [6, 6.07) is 4.58. The van der Waals surface area contributed by atoms with Crippen LogP contribution in [-0.2, 0) is 0 Å². The highest BCUT2D eigenvalue weighted by molar-refractivity contribution is 5.37. The molecule has 3 heteroatoms. The van der Waals surface area contributed by atoms with Crippen molar-refractivity contribution in [1.82, 2.24) is 0 Å². The molecule has 14 heavy (non-hydrogen) atoms. The standard InChI is InChI=1S/C11H16FNO/c1-7(2)14-11-9(8(3)13)5-4-6-10(11)12/h4-8H,13H2,1-3H3. The highest BCUT2D eigenvalue weighted by Gasteiger charge is 2.13. The Morgan fingerprint density at radius 1 is 1.29 bits per heavy atom. The first kappa shape index (κ1) is 11.0. The van der Waals surface area contributed by atoms with Gasteiger partial charge >= 0.3 is 0 Å². The molecule has 0 spiro atoms. The van der Waals surface area contributed by atoms with Gasteiger partial charge in [-0.1, -0.05) is 12.1 Å². The van der Waals surface area contributed by atoms with Gasteiger partial charge in [0, 0.05) is 11.6 Å². The van der Waals surface area contributed by atoms with Gasteiger partial charge in [-0.05, 0) is 26.8 Å². The molecule has 1 unspecified atom stereocenters. The third-order valence-corrected chi connectivity index (χ3v) is 1.84. The lowest BCUT2D eigenvalue weighted by Gasteiger charge is -2.16. The molecule has 1 aromatic carbocycles. The van der Waals surface area contributed by atoms with E-state index in [1.165, 1.54) is 6.07 Å². The number of hydrogen-bond acceptors (Lipinski definition) is 2. The Morgan fingerprint density at radius 2 is 1.93 bits per heavy atom. The molecule has 0 saturated heterocycles. The normalized spacial score (nSPS) is 13.0. The maximum absolute atomic E-state index is 13.4. The minimum atomic E-state index is -0.353. The first-order valence-corrected chi connectivity index (χ1v) is 4.73. The lowest BCUT2D eigenvalue weighted by molar-refractivity contribution is 0.227. The molecule has 0 aliphatic rings. The molecule has 0 aromatic heterocycles. The van der Waals surface area contributed by atoms with Crippen molar-refractivity contribution in [2.24, 2.45) is 5.73 Å². The fourth-order valence-electron chi connectivity index (χ4n) is 1.24. The number of para-hydroxylation sites is 1. The number of halogens is 1. The van der Waals surface area contributed by atoms with Crippen molar-refractivity contribution >= 4 is 0 Å². The van der Waals surface area contributed by atoms with Crippen LogP contribution in [0.4, 0.5) is 4.39 Å². The van der Waals surface area contributed by atoms with E-state index in [0.717, 1.165) is 0 Å². The van der Waals surface area contributed by atoms with Gasteiger partial charge in [0.2, 0.25) is 0 Å². The number of nitrogens with two attached hydrogens (primary N) is 1. The van der Waals surface area contributed by atoms with Crippen molar-refractivity contribution in [2.45, 2.75) is 32.9 Å². The summed E-state index contributed by atoms with van der Waals surface area (Å²) >= 11 is 0. The topological polar surface area (TPSA) is 35.2 Å². The minimum Gasteiger partial charge on any atom is -0.488 e. The summed E-state index contributed by atoms with van der Waals surface area (Å²) in [6.45, 7) is 5.52. The van der Waals surface area contributed by atoms with Crippen LogP contribution < -0.4 is 10.5 Å². The molecule has 0 amide bonds. The SMILES string of the molecule is CC(C)Oc1c(F)cccc1C(C)N. The second kappa shape index (κ2) is 4.42. The van der Waals surface area contributed by atoms with Gasteiger partial charge in [0.25, 0.3) is 0 Å². The predicted molar refractivity (Wildman–Crippen MR) is 54.8 cm³/mol. The Morgan fingerprint density at radius 3 is 2.43 bits per heavy atom. The van der Waals surface area contributed by atoms with Gasteiger partial charge in [-0.3, -0.25) is 0 Å². The maximum Gasteiger partial charge on any atom is 0.165 e. The fraction of sp³-hybridized carbons (Fsp3) is 0.455. The smallest absolute Gasteiger partial charge is 0.165 e. The van der Waals surface area contributed by atoms with E-state index in [9.17, 15) is 4.39 Å². The van der Waals surface area contributed by atoms with E-state index < -0.39 is 0 Å². The van der Waals surface area contributed by atoms with Gasteiger partial charge < -0.3 is 10.5 Å². The summed E-state index contributed by atoms with van der Waals surface area (Å²) in [7, 11) is 0. The van der Waals surface area contributed by atoms with E-state index in [-0.39, 0.29) is 23.7 Å². The summed E-state index contributed by atoms with van der Waals surface area (Å²) in [6.07, 6.45) is -0.0515. The molecule has 2 nitrogen and oxygen atoms in total. The van der Waals surface area contributed by atoms with Crippen LogP contribution in [0, 0.1) is 5.82 Å². The van der Waals surface area contributed by atoms with Crippen LogP contribution in [-0.4, -0.2) is 6.10 Å². The van der Waals surface area contributed by atoms with Gasteiger partial charge in [0.15, 0.2) is 11.6 Å². The van der Waals surface area contributed by atoms with Gasteiger partial charge in [-0.25, -0.2) is 4.39 Å². The van der Waals surface area contributed by atoms with Crippen molar-refractivity contribution < 1.29 is 9.13 Å². The van der Waals surface area contributed by atoms with Crippen LogP contribution in [0.3, 0.4) is 0 Å². The van der Waals surface area contributed by atoms with E-state index in [1.54, 1.807) is 12.1 Å². The van der Waals surface area contributed by atoms with Crippen LogP contribution in [0.15, 0.2) is 18.2 Å². The quantitative estimate of drug-likeness (QED) is 0.808. The molecule has 1 aromatic rings. The van der Waals surface area contributed by atoms with Crippen LogP contribution in [0.5, 0.6) is 5.75 Å². The van der Waals surface area contributed by atoms with Crippen LogP contribution in [0.2, 0.25) is 0 Å². The first-order valence-electron chi connectivity index (χ1n) is 4.73. The van der Waals surface area contributed by atoms with Crippen molar-refractivity contribution in [3.63, 3.8) is 0 Å². The van der Waals surface area contributed by atoms with Gasteiger partial charge in [-0.15, -0.1) is 0 Å². The molecule has 0 aliphatic carbocycles. The molecule has 0 aliphatic heterocycles. The Balaban J connectivity index is 3.09. The Kier molecular flexibility index (Phi) is 3.47. The number of hydrogen-bond donors (Lipinski definition) is 1. The molecule has 0 heterocycles. The number of ether oxygens (including phenoxy) is 1. The number of benzene rings is 1. The van der Waals surface area contributed by atoms with E-state index in [2.05, 4.69) is 0 Å². The lowest BCUT2D eigenvalue weighted by Crippen LogP contribution is -2.13. The molecule has 0 bridgehead atoms. The Bertz CT molecular complexity index is 310. The number of rotatable bonds is 3. The Hall–Kier alpha value is -1.09. The second-order valence-corrected chi connectivity index (χ2v) is 3.61. The van der Waals surface area contributed by atoms with Gasteiger partial charge in [0.05, 0.1) is 6.10 Å². The molecular formula is C11H16FNO. The molecule has 2 N–H and O–H groups in total. The predicted octanol–water partition coefficient (Wildman–Crippen LogP) is 2.63. The van der Waals surface area contributed by atoms with Crippen LogP contribution in [0.1, 0.15) is 32.4 Å². The van der Waals surface area contributed by atoms with Gasteiger partial charge in [0.1, 0.15) is 0 Å². The van der Waals surface area contributed by atoms with E-state index in [4.69, 9.17) is 10.5 Å². The zero-order valence-electron chi connectivity index (χ0n) is 8.75. The van der Waals surface area contributed by atoms with Crippen molar-refractivity contribution in [3.8, 4) is 5.75 Å². The van der Waals surface area contributed by atoms with Crippen molar-refractivity contribution in [2.75, 3.05) is 0 Å². The molecular weight excluding hydrogens is 181 g/mol. The fourth-order valence-corrected chi connectivity index (χ4v) is 1.24. The average Bonchev–Trinajstić information content (AvgIpc) is 2.07. The largest absolute Gasteiger partial charge is 0.488 e. The zero-order chi connectivity index (χ0) is 10.7. The van der Waals surface area contributed by atoms with Crippen molar-refractivity contribution in [1.29, 1.82) is 0 Å². The highest BCUT2D eigenvalue weighted by Crippen LogP contribution is 2.27. The average molecular weight is 197 g/mol. The van der Waals surface area contributed by atoms with E-state index in [0.29, 0.717) is 5.56 Å². The van der Waals surface area contributed by atoms with Gasteiger partial charge in [-0.2, -0.15) is 0 Å². The molecule has 0 fully saturated rings. The van der Waals surface area contributed by atoms with Crippen LogP contribution in [0.25, 0.3) is 0 Å². The summed E-state index contributed by atoms with van der Waals surface area (Å²) < 4.78 is 18.8. The van der Waals surface area contributed by atoms with Crippen LogP contribution >= 0.6 is 0 Å². The lowest BCUT2D eigenvalue weighted by atomic mass is 10.1. The third-order valence-electron chi connectivity index (χ3n) is 1.84. The molecule has 1 rings (SSSR count). The van der Waals surface area contributed by atoms with E-state index in [1.807, 2.05) is 20.8 Å². The Labute approximate surface area is 83.9 Å². The monoisotopic (exact) mass is 197 g/mol. The highest BCUT2D eigenvalue weighted by atomic mass is 19.1. The second-order valence-electron chi connectivity index (χ2n) is 3.61. The summed E-state index contributed by atoms with van der Waals surface area (Å²) in [5.74, 6) is -0.0778. The maximum atomic E-state index is 13.4. The molecule has 78 valence electrons. The third kappa shape index (κ3) is 2.45. The molecule has 0 saturated carbocycles. The molecule has 0 radical (unpaired) electrons. The summed E-state index contributed by atoms with van der Waals surface area (Å²) in [5, 5.41) is 0. The summed E-state index contributed by atoms with van der Waals surface area (Å²) in [5.41, 5.74) is 6.42. The first-order chi connectivity index (χ1) is 6.52. The minimum absolute atomic E-state index is 0.0515. The summed E-state index contributed by atoms with van der Waals surface area (Å²) in [4.78, 5) is 0. The van der Waals surface area contributed by atoms with E-state index >= 15 is 0 Å². The molecule has 1 atom stereocenters.